The van der Waals surface area contributed by atoms with Crippen molar-refractivity contribution in [2.75, 3.05) is 20.2 Å². The topological polar surface area (TPSA) is 67.9 Å². The molecule has 2 fully saturated rings. The van der Waals surface area contributed by atoms with Crippen LogP contribution in [0.25, 0.3) is 0 Å². The third kappa shape index (κ3) is 3.41. The molecule has 3 heterocycles. The molecule has 0 aliphatic carbocycles. The minimum Gasteiger partial charge on any atom is -0.496 e. The Bertz CT molecular complexity index is 1020. The number of hydrogen-bond donors (Lipinski definition) is 1. The van der Waals surface area contributed by atoms with Crippen LogP contribution in [0.15, 0.2) is 66.7 Å². The molecular formula is C25H26N2O4. The van der Waals surface area contributed by atoms with Crippen LogP contribution in [0, 0.1) is 11.8 Å². The highest BCUT2D eigenvalue weighted by atomic mass is 16.5. The van der Waals surface area contributed by atoms with Crippen molar-refractivity contribution >= 4 is 11.8 Å². The molecule has 2 aromatic carbocycles. The average Bonchev–Trinajstić information content (AvgIpc) is 3.45. The van der Waals surface area contributed by atoms with Gasteiger partial charge in [0.15, 0.2) is 0 Å². The van der Waals surface area contributed by atoms with Crippen LogP contribution in [0.4, 0.5) is 0 Å². The fourth-order valence-corrected chi connectivity index (χ4v) is 5.12. The zero-order valence-electron chi connectivity index (χ0n) is 17.5. The second-order valence-corrected chi connectivity index (χ2v) is 8.43. The number of benzene rings is 2. The first-order valence-electron chi connectivity index (χ1n) is 10.7. The van der Waals surface area contributed by atoms with Crippen molar-refractivity contribution in [3.63, 3.8) is 0 Å². The Hall–Kier alpha value is -3.12. The molecule has 160 valence electrons. The van der Waals surface area contributed by atoms with Gasteiger partial charge in [-0.25, -0.2) is 0 Å². The number of ether oxygens (including phenoxy) is 2. The lowest BCUT2D eigenvalue weighted by molar-refractivity contribution is -0.137. The number of nitrogens with one attached hydrogen (secondary N) is 1. The van der Waals surface area contributed by atoms with E-state index in [2.05, 4.69) is 17.4 Å². The van der Waals surface area contributed by atoms with E-state index < -0.39 is 17.4 Å². The van der Waals surface area contributed by atoms with Gasteiger partial charge in [-0.3, -0.25) is 9.59 Å². The van der Waals surface area contributed by atoms with Gasteiger partial charge < -0.3 is 19.7 Å². The third-order valence-electron chi connectivity index (χ3n) is 6.64. The molecule has 3 aliphatic heterocycles. The molecule has 0 saturated carbocycles. The Morgan fingerprint density at radius 1 is 1.19 bits per heavy atom. The highest BCUT2D eigenvalue weighted by molar-refractivity contribution is 5.93. The molecule has 6 heteroatoms. The van der Waals surface area contributed by atoms with Crippen molar-refractivity contribution in [1.82, 2.24) is 10.2 Å². The van der Waals surface area contributed by atoms with Crippen molar-refractivity contribution < 1.29 is 19.1 Å². The van der Waals surface area contributed by atoms with E-state index in [0.717, 1.165) is 17.7 Å². The smallest absolute Gasteiger partial charge is 0.230 e. The van der Waals surface area contributed by atoms with Crippen LogP contribution in [0.3, 0.4) is 0 Å². The van der Waals surface area contributed by atoms with Gasteiger partial charge in [-0.05, 0) is 18.1 Å². The van der Waals surface area contributed by atoms with E-state index in [1.165, 1.54) is 5.56 Å². The average molecular weight is 418 g/mol. The van der Waals surface area contributed by atoms with Crippen molar-refractivity contribution in [2.24, 2.45) is 11.8 Å². The Kier molecular flexibility index (Phi) is 5.02. The normalized spacial score (nSPS) is 28.1. The maximum Gasteiger partial charge on any atom is 0.230 e. The van der Waals surface area contributed by atoms with Crippen LogP contribution in [0.1, 0.15) is 11.1 Å². The summed E-state index contributed by atoms with van der Waals surface area (Å²) in [6.07, 6.45) is 4.38. The first kappa shape index (κ1) is 19.8. The molecule has 5 rings (SSSR count). The van der Waals surface area contributed by atoms with Gasteiger partial charge in [-0.2, -0.15) is 0 Å². The van der Waals surface area contributed by atoms with Crippen LogP contribution >= 0.6 is 0 Å². The zero-order chi connectivity index (χ0) is 21.4. The predicted molar refractivity (Wildman–Crippen MR) is 115 cm³/mol. The minimum absolute atomic E-state index is 0.0141. The monoisotopic (exact) mass is 418 g/mol. The van der Waals surface area contributed by atoms with Crippen LogP contribution < -0.4 is 10.1 Å². The number of para-hydroxylation sites is 1. The standard InChI is InChI=1S/C25H26N2O4/c1-30-19-10-6-5-9-18(19)15-26-23(28)21-20-11-13-25(31-20)16-27(24(29)22(21)25)14-12-17-7-3-2-4-8-17/h2-11,13,20-22H,12,14-16H2,1H3,(H,26,28)/t20-,21+,22-,25-/m1/s1. The number of amides is 2. The molecule has 3 aliphatic rings. The molecule has 2 amide bonds. The van der Waals surface area contributed by atoms with Gasteiger partial charge in [0.2, 0.25) is 11.8 Å². The molecule has 1 N–H and O–H groups in total. The number of carbonyl (C=O) groups is 2. The number of carbonyl (C=O) groups excluding carboxylic acids is 2. The second-order valence-electron chi connectivity index (χ2n) is 8.43. The fraction of sp³-hybridized carbons (Fsp3) is 0.360. The Balaban J connectivity index is 1.28. The van der Waals surface area contributed by atoms with Gasteiger partial charge in [0.1, 0.15) is 11.4 Å². The first-order valence-corrected chi connectivity index (χ1v) is 10.7. The Labute approximate surface area is 181 Å². The maximum atomic E-state index is 13.3. The molecule has 2 aromatic rings. The largest absolute Gasteiger partial charge is 0.496 e. The van der Waals surface area contributed by atoms with Crippen molar-refractivity contribution in [2.45, 2.75) is 24.7 Å². The SMILES string of the molecule is COc1ccccc1CNC(=O)[C@H]1[C@H]2C=C[C@]3(CN(CCc4ccccc4)C(=O)[C@@H]13)O2. The molecule has 4 atom stereocenters. The van der Waals surface area contributed by atoms with E-state index in [4.69, 9.17) is 9.47 Å². The summed E-state index contributed by atoms with van der Waals surface area (Å²) < 4.78 is 11.6. The first-order chi connectivity index (χ1) is 15.1. The van der Waals surface area contributed by atoms with Gasteiger partial charge in [-0.1, -0.05) is 60.7 Å². The fourth-order valence-electron chi connectivity index (χ4n) is 5.12. The van der Waals surface area contributed by atoms with Gasteiger partial charge >= 0.3 is 0 Å². The molecule has 0 radical (unpaired) electrons. The van der Waals surface area contributed by atoms with Crippen LogP contribution in [0.5, 0.6) is 5.75 Å². The minimum atomic E-state index is -0.676. The predicted octanol–water partition coefficient (Wildman–Crippen LogP) is 2.34. The molecule has 1 spiro atoms. The molecule has 0 unspecified atom stereocenters. The van der Waals surface area contributed by atoms with E-state index >= 15 is 0 Å². The summed E-state index contributed by atoms with van der Waals surface area (Å²) in [6.45, 7) is 1.48. The Morgan fingerprint density at radius 2 is 1.97 bits per heavy atom. The van der Waals surface area contributed by atoms with Crippen molar-refractivity contribution in [3.8, 4) is 5.75 Å². The molecular weight excluding hydrogens is 392 g/mol. The number of methoxy groups -OCH3 is 1. The lowest BCUT2D eigenvalue weighted by atomic mass is 9.77. The third-order valence-corrected chi connectivity index (χ3v) is 6.64. The number of fused-ring (bicyclic) bond motifs is 1. The lowest BCUT2D eigenvalue weighted by Crippen LogP contribution is -2.44. The van der Waals surface area contributed by atoms with Crippen molar-refractivity contribution in [1.29, 1.82) is 0 Å². The zero-order valence-corrected chi connectivity index (χ0v) is 17.5. The van der Waals surface area contributed by atoms with E-state index in [0.29, 0.717) is 19.6 Å². The summed E-state index contributed by atoms with van der Waals surface area (Å²) in [7, 11) is 1.61. The highest BCUT2D eigenvalue weighted by Crippen LogP contribution is 2.51. The summed E-state index contributed by atoms with van der Waals surface area (Å²) in [5, 5.41) is 3.00. The van der Waals surface area contributed by atoms with Crippen molar-refractivity contribution in [3.05, 3.63) is 77.9 Å². The molecule has 2 bridgehead atoms. The molecule has 6 nitrogen and oxygen atoms in total. The quantitative estimate of drug-likeness (QED) is 0.701. The summed E-state index contributed by atoms with van der Waals surface area (Å²) in [6, 6.07) is 17.7. The maximum absolute atomic E-state index is 13.3. The number of hydrogen-bond acceptors (Lipinski definition) is 4. The number of likely N-dealkylation sites (tertiary alicyclic amines) is 1. The number of rotatable bonds is 7. The summed E-state index contributed by atoms with van der Waals surface area (Å²) >= 11 is 0. The van der Waals surface area contributed by atoms with Crippen LogP contribution in [-0.2, 0) is 27.3 Å². The molecule has 31 heavy (non-hydrogen) atoms. The van der Waals surface area contributed by atoms with Gasteiger partial charge in [0, 0.05) is 18.7 Å². The van der Waals surface area contributed by atoms with E-state index in [1.54, 1.807) is 7.11 Å². The van der Waals surface area contributed by atoms with Gasteiger partial charge in [-0.15, -0.1) is 0 Å². The van der Waals surface area contributed by atoms with Gasteiger partial charge in [0.25, 0.3) is 0 Å². The van der Waals surface area contributed by atoms with E-state index in [1.807, 2.05) is 59.5 Å². The highest BCUT2D eigenvalue weighted by Gasteiger charge is 2.66. The van der Waals surface area contributed by atoms with E-state index in [9.17, 15) is 9.59 Å². The summed E-state index contributed by atoms with van der Waals surface area (Å²) in [4.78, 5) is 28.3. The van der Waals surface area contributed by atoms with Gasteiger partial charge in [0.05, 0.1) is 31.6 Å². The van der Waals surface area contributed by atoms with Crippen LogP contribution in [-0.4, -0.2) is 48.6 Å². The summed E-state index contributed by atoms with van der Waals surface area (Å²) in [5.41, 5.74) is 1.41. The van der Waals surface area contributed by atoms with Crippen LogP contribution in [0.2, 0.25) is 0 Å². The Morgan fingerprint density at radius 3 is 2.77 bits per heavy atom. The molecule has 2 saturated heterocycles. The lowest BCUT2D eigenvalue weighted by Gasteiger charge is -2.23. The molecule has 0 aromatic heterocycles. The van der Waals surface area contributed by atoms with E-state index in [-0.39, 0.29) is 17.9 Å². The number of nitrogens with zero attached hydrogens (tertiary/aromatic N) is 1. The second kappa shape index (κ2) is 7.85. The summed E-state index contributed by atoms with van der Waals surface area (Å²) in [5.74, 6) is -0.372.